The van der Waals surface area contributed by atoms with Gasteiger partial charge in [-0.3, -0.25) is 0 Å². The summed E-state index contributed by atoms with van der Waals surface area (Å²) < 4.78 is 5.41. The summed E-state index contributed by atoms with van der Waals surface area (Å²) in [5, 5.41) is 0. The Labute approximate surface area is 119 Å². The van der Waals surface area contributed by atoms with Crippen LogP contribution in [0.3, 0.4) is 0 Å². The molecule has 2 nitrogen and oxygen atoms in total. The molecular weight excluding hydrogens is 295 g/mol. The van der Waals surface area contributed by atoms with Crippen LogP contribution >= 0.6 is 0 Å². The Morgan fingerprint density at radius 1 is 1.13 bits per heavy atom. The van der Waals surface area contributed by atoms with Crippen LogP contribution in [0.4, 0.5) is 0 Å². The normalized spacial score (nSPS) is 7.80. The van der Waals surface area contributed by atoms with Crippen molar-refractivity contribution in [3.63, 3.8) is 0 Å². The first-order chi connectivity index (χ1) is 5.40. The van der Waals surface area contributed by atoms with E-state index in [0.717, 1.165) is 23.4 Å². The number of fused-ring (bicyclic) bond motifs is 1. The van der Waals surface area contributed by atoms with Crippen molar-refractivity contribution in [3.8, 4) is 0 Å². The Balaban J connectivity index is -0.000000360. The number of nitrogens with zero attached hydrogens (tertiary/aromatic N) is 1. The first-order valence-corrected chi connectivity index (χ1v) is 3.74. The molecule has 0 amide bonds. The van der Waals surface area contributed by atoms with E-state index in [1.54, 1.807) is 0 Å². The molecule has 6 heteroatoms. The van der Waals surface area contributed by atoms with E-state index in [1.807, 2.05) is 31.2 Å². The number of hydrogen-bond acceptors (Lipinski definition) is 2. The summed E-state index contributed by atoms with van der Waals surface area (Å²) in [5.41, 5.74) is 1.83. The van der Waals surface area contributed by atoms with Gasteiger partial charge in [-0.15, -0.1) is 0 Å². The third-order valence-corrected chi connectivity index (χ3v) is 1.64. The summed E-state index contributed by atoms with van der Waals surface area (Å²) in [7, 11) is 0. The van der Waals surface area contributed by atoms with Crippen molar-refractivity contribution < 1.29 is 60.2 Å². The second-order valence-electron chi connectivity index (χ2n) is 2.43. The molecule has 2 aromatic rings. The summed E-state index contributed by atoms with van der Waals surface area (Å²) in [6, 6.07) is 7.80. The van der Waals surface area contributed by atoms with Crippen molar-refractivity contribution >= 4 is 11.1 Å². The van der Waals surface area contributed by atoms with Crippen molar-refractivity contribution in [2.75, 3.05) is 0 Å². The van der Waals surface area contributed by atoms with Crippen LogP contribution in [-0.2, 0) is 25.0 Å². The quantitative estimate of drug-likeness (QED) is 0.524. The van der Waals surface area contributed by atoms with Crippen LogP contribution in [0, 0.1) is 0 Å². The van der Waals surface area contributed by atoms with Gasteiger partial charge in [0, 0.05) is 25.0 Å². The summed E-state index contributed by atoms with van der Waals surface area (Å²) in [6.07, 6.45) is 0.856. The number of oxazole rings is 1. The standard InChI is InChI=1S/C9H9NO.3ClH.V/c1-2-9-10-7-5-3-4-6-8(7)11-9;;;;/h3-6H,2H2,1H3;3*1H;/p-3. The van der Waals surface area contributed by atoms with Gasteiger partial charge < -0.3 is 41.6 Å². The van der Waals surface area contributed by atoms with Gasteiger partial charge in [-0.1, -0.05) is 19.1 Å². The maximum absolute atomic E-state index is 5.41. The number of aryl methyl sites for hydroxylation is 1. The van der Waals surface area contributed by atoms with Gasteiger partial charge in [0.1, 0.15) is 5.52 Å². The minimum absolute atomic E-state index is 0. The Kier molecular flexibility index (Phi) is 12.8. The van der Waals surface area contributed by atoms with Crippen LogP contribution in [0.15, 0.2) is 28.7 Å². The number of para-hydroxylation sites is 2. The van der Waals surface area contributed by atoms with Crippen LogP contribution < -0.4 is 37.2 Å². The molecule has 0 saturated heterocycles. The number of hydrogen-bond donors (Lipinski definition) is 0. The molecule has 0 unspecified atom stereocenters. The summed E-state index contributed by atoms with van der Waals surface area (Å²) in [5.74, 6) is 0.811. The van der Waals surface area contributed by atoms with E-state index in [1.165, 1.54) is 0 Å². The van der Waals surface area contributed by atoms with E-state index < -0.39 is 0 Å². The molecular formula is C9H9Cl3NOV-3. The molecule has 15 heavy (non-hydrogen) atoms. The van der Waals surface area contributed by atoms with Crippen molar-refractivity contribution in [2.45, 2.75) is 13.3 Å². The first kappa shape index (κ1) is 20.5. The average molecular weight is 304 g/mol. The van der Waals surface area contributed by atoms with Crippen LogP contribution in [0.2, 0.25) is 0 Å². The molecule has 0 fully saturated rings. The topological polar surface area (TPSA) is 26.0 Å². The molecule has 1 aromatic carbocycles. The van der Waals surface area contributed by atoms with Crippen LogP contribution in [0.25, 0.3) is 11.1 Å². The third-order valence-electron chi connectivity index (χ3n) is 1.64. The van der Waals surface area contributed by atoms with E-state index in [-0.39, 0.29) is 55.8 Å². The van der Waals surface area contributed by atoms with Gasteiger partial charge in [0.2, 0.25) is 0 Å². The molecule has 0 spiro atoms. The zero-order valence-electron chi connectivity index (χ0n) is 7.95. The van der Waals surface area contributed by atoms with Crippen molar-refractivity contribution in [3.05, 3.63) is 30.2 Å². The summed E-state index contributed by atoms with van der Waals surface area (Å²) in [4.78, 5) is 4.26. The molecule has 0 saturated carbocycles. The van der Waals surface area contributed by atoms with Gasteiger partial charge in [-0.2, -0.15) is 0 Å². The fourth-order valence-electron chi connectivity index (χ4n) is 1.07. The second kappa shape index (κ2) is 9.38. The Hall–Kier alpha value is 0.144. The number of halogens is 3. The Morgan fingerprint density at radius 3 is 2.27 bits per heavy atom. The molecule has 0 aliphatic heterocycles. The van der Waals surface area contributed by atoms with Crippen LogP contribution in [-0.4, -0.2) is 4.98 Å². The molecule has 1 heterocycles. The Morgan fingerprint density at radius 2 is 1.73 bits per heavy atom. The summed E-state index contributed by atoms with van der Waals surface area (Å²) in [6.45, 7) is 2.03. The smallest absolute Gasteiger partial charge is 0.195 e. The maximum Gasteiger partial charge on any atom is 0.195 e. The second-order valence-corrected chi connectivity index (χ2v) is 2.43. The average Bonchev–Trinajstić information content (AvgIpc) is 2.46. The van der Waals surface area contributed by atoms with E-state index in [9.17, 15) is 0 Å². The fourth-order valence-corrected chi connectivity index (χ4v) is 1.07. The van der Waals surface area contributed by atoms with Crippen LogP contribution in [0.1, 0.15) is 12.8 Å². The summed E-state index contributed by atoms with van der Waals surface area (Å²) >= 11 is 0. The van der Waals surface area contributed by atoms with E-state index in [2.05, 4.69) is 4.98 Å². The predicted octanol–water partition coefficient (Wildman–Crippen LogP) is -6.60. The van der Waals surface area contributed by atoms with E-state index >= 15 is 0 Å². The number of benzene rings is 1. The van der Waals surface area contributed by atoms with Gasteiger partial charge >= 0.3 is 0 Å². The predicted molar refractivity (Wildman–Crippen MR) is 43.4 cm³/mol. The minimum Gasteiger partial charge on any atom is -1.00 e. The van der Waals surface area contributed by atoms with Gasteiger partial charge in [0.05, 0.1) is 0 Å². The van der Waals surface area contributed by atoms with Crippen molar-refractivity contribution in [1.29, 1.82) is 0 Å². The first-order valence-electron chi connectivity index (χ1n) is 3.74. The molecule has 0 aliphatic carbocycles. The number of aromatic nitrogens is 1. The number of rotatable bonds is 1. The fraction of sp³-hybridized carbons (Fsp3) is 0.222. The van der Waals surface area contributed by atoms with Gasteiger partial charge in [-0.25, -0.2) is 4.98 Å². The van der Waals surface area contributed by atoms with Crippen molar-refractivity contribution in [2.24, 2.45) is 0 Å². The van der Waals surface area contributed by atoms with Gasteiger partial charge in [-0.05, 0) is 12.1 Å². The SMILES string of the molecule is CCc1nc2ccccc2o1.[Cl-].[Cl-].[Cl-].[V]. The molecule has 85 valence electrons. The zero-order valence-corrected chi connectivity index (χ0v) is 11.6. The van der Waals surface area contributed by atoms with Gasteiger partial charge in [0.25, 0.3) is 0 Å². The van der Waals surface area contributed by atoms with Gasteiger partial charge in [0.15, 0.2) is 11.5 Å². The molecule has 1 aromatic heterocycles. The van der Waals surface area contributed by atoms with Crippen LogP contribution in [0.5, 0.6) is 0 Å². The molecule has 0 aliphatic rings. The molecule has 1 radical (unpaired) electrons. The third kappa shape index (κ3) is 4.67. The molecule has 0 N–H and O–H groups in total. The monoisotopic (exact) mass is 303 g/mol. The van der Waals surface area contributed by atoms with E-state index in [0.29, 0.717) is 0 Å². The molecule has 0 bridgehead atoms. The minimum atomic E-state index is 0. The molecule has 2 rings (SSSR count). The molecule has 0 atom stereocenters. The largest absolute Gasteiger partial charge is 1.00 e. The maximum atomic E-state index is 5.41. The van der Waals surface area contributed by atoms with Crippen molar-refractivity contribution in [1.82, 2.24) is 4.98 Å². The Bertz CT molecular complexity index is 347. The van der Waals surface area contributed by atoms with E-state index in [4.69, 9.17) is 4.42 Å². The zero-order chi connectivity index (χ0) is 7.68.